The number of aromatic nitrogens is 2. The van der Waals surface area contributed by atoms with E-state index in [1.165, 1.54) is 6.20 Å². The normalized spacial score (nSPS) is 10.2. The Kier molecular flexibility index (Phi) is 4.61. The van der Waals surface area contributed by atoms with Crippen molar-refractivity contribution in [3.8, 4) is 0 Å². The van der Waals surface area contributed by atoms with Gasteiger partial charge >= 0.3 is 0 Å². The predicted octanol–water partition coefficient (Wildman–Crippen LogP) is 2.32. The van der Waals surface area contributed by atoms with Gasteiger partial charge in [0.15, 0.2) is 0 Å². The number of nitrogens with zero attached hydrogens (tertiary/aromatic N) is 2. The van der Waals surface area contributed by atoms with Gasteiger partial charge in [-0.3, -0.25) is 14.6 Å². The van der Waals surface area contributed by atoms with E-state index < -0.39 is 0 Å². The van der Waals surface area contributed by atoms with Crippen molar-refractivity contribution in [1.29, 1.82) is 0 Å². The summed E-state index contributed by atoms with van der Waals surface area (Å²) in [6.07, 6.45) is 4.60. The molecule has 0 aliphatic rings. The lowest BCUT2D eigenvalue weighted by Crippen LogP contribution is -2.18. The zero-order valence-electron chi connectivity index (χ0n) is 11.8. The van der Waals surface area contributed by atoms with Crippen molar-refractivity contribution in [3.05, 3.63) is 48.4 Å². The highest BCUT2D eigenvalue weighted by Crippen LogP contribution is 2.12. The van der Waals surface area contributed by atoms with Gasteiger partial charge in [0.2, 0.25) is 5.91 Å². The summed E-state index contributed by atoms with van der Waals surface area (Å²) in [6.45, 7) is 3.61. The summed E-state index contributed by atoms with van der Waals surface area (Å²) in [7, 11) is 0. The molecule has 6 nitrogen and oxygen atoms in total. The van der Waals surface area contributed by atoms with E-state index in [0.717, 1.165) is 0 Å². The zero-order chi connectivity index (χ0) is 15.2. The molecule has 0 spiro atoms. The molecule has 0 radical (unpaired) electrons. The zero-order valence-corrected chi connectivity index (χ0v) is 11.8. The summed E-state index contributed by atoms with van der Waals surface area (Å²) in [5.74, 6) is 0.00252. The molecule has 2 aromatic rings. The Balaban J connectivity index is 2.00. The Bertz CT molecular complexity index is 624. The first-order chi connectivity index (χ1) is 10.1. The van der Waals surface area contributed by atoms with Crippen LogP contribution in [-0.4, -0.2) is 21.8 Å². The summed E-state index contributed by atoms with van der Waals surface area (Å²) in [4.78, 5) is 31.4. The highest BCUT2D eigenvalue weighted by Gasteiger charge is 2.09. The van der Waals surface area contributed by atoms with Crippen molar-refractivity contribution in [1.82, 2.24) is 9.97 Å². The minimum atomic E-state index is -0.238. The van der Waals surface area contributed by atoms with Crippen LogP contribution in [0.5, 0.6) is 0 Å². The molecule has 2 N–H and O–H groups in total. The molecule has 2 aromatic heterocycles. The predicted molar refractivity (Wildman–Crippen MR) is 79.9 cm³/mol. The van der Waals surface area contributed by atoms with Crippen LogP contribution in [0.2, 0.25) is 0 Å². The van der Waals surface area contributed by atoms with Gasteiger partial charge in [-0.15, -0.1) is 0 Å². The van der Waals surface area contributed by atoms with Gasteiger partial charge in [-0.2, -0.15) is 0 Å². The highest BCUT2D eigenvalue weighted by atomic mass is 16.2. The lowest BCUT2D eigenvalue weighted by molar-refractivity contribution is -0.118. The average Bonchev–Trinajstić information content (AvgIpc) is 2.50. The molecule has 108 valence electrons. The Morgan fingerprint density at radius 1 is 1.05 bits per heavy atom. The van der Waals surface area contributed by atoms with Gasteiger partial charge < -0.3 is 10.6 Å². The van der Waals surface area contributed by atoms with Crippen molar-refractivity contribution >= 4 is 23.3 Å². The van der Waals surface area contributed by atoms with Crippen molar-refractivity contribution in [3.63, 3.8) is 0 Å². The van der Waals surface area contributed by atoms with Gasteiger partial charge in [0, 0.05) is 23.9 Å². The minimum absolute atomic E-state index is 0.101. The summed E-state index contributed by atoms with van der Waals surface area (Å²) in [5, 5.41) is 5.40. The Morgan fingerprint density at radius 3 is 2.33 bits per heavy atom. The summed E-state index contributed by atoms with van der Waals surface area (Å²) >= 11 is 0. The van der Waals surface area contributed by atoms with E-state index in [1.54, 1.807) is 50.5 Å². The van der Waals surface area contributed by atoms with Crippen LogP contribution in [0.3, 0.4) is 0 Å². The molecule has 0 aliphatic carbocycles. The summed E-state index contributed by atoms with van der Waals surface area (Å²) in [5.41, 5.74) is 1.07. The average molecular weight is 284 g/mol. The number of rotatable bonds is 4. The molecular formula is C15H16N4O2. The summed E-state index contributed by atoms with van der Waals surface area (Å²) in [6, 6.07) is 6.57. The monoisotopic (exact) mass is 284 g/mol. The lowest BCUT2D eigenvalue weighted by Gasteiger charge is -2.08. The fraction of sp³-hybridized carbons (Fsp3) is 0.200. The van der Waals surface area contributed by atoms with E-state index in [0.29, 0.717) is 17.1 Å². The van der Waals surface area contributed by atoms with Crippen LogP contribution in [0, 0.1) is 5.92 Å². The van der Waals surface area contributed by atoms with Crippen LogP contribution in [0.15, 0.2) is 42.9 Å². The van der Waals surface area contributed by atoms with E-state index in [-0.39, 0.29) is 17.7 Å². The molecule has 0 unspecified atom stereocenters. The highest BCUT2D eigenvalue weighted by molar-refractivity contribution is 6.04. The van der Waals surface area contributed by atoms with Crippen LogP contribution < -0.4 is 10.6 Å². The molecular weight excluding hydrogens is 268 g/mol. The molecule has 0 fully saturated rings. The third kappa shape index (κ3) is 4.10. The van der Waals surface area contributed by atoms with Crippen molar-refractivity contribution in [2.45, 2.75) is 13.8 Å². The van der Waals surface area contributed by atoms with E-state index in [2.05, 4.69) is 20.6 Å². The van der Waals surface area contributed by atoms with Gasteiger partial charge in [-0.25, -0.2) is 4.98 Å². The van der Waals surface area contributed by atoms with Crippen LogP contribution in [0.25, 0.3) is 0 Å². The number of pyridine rings is 2. The Labute approximate surface area is 122 Å². The van der Waals surface area contributed by atoms with E-state index in [9.17, 15) is 9.59 Å². The van der Waals surface area contributed by atoms with Crippen molar-refractivity contribution < 1.29 is 9.59 Å². The second-order valence-corrected chi connectivity index (χ2v) is 4.77. The van der Waals surface area contributed by atoms with Gasteiger partial charge in [0.1, 0.15) is 5.82 Å². The van der Waals surface area contributed by atoms with E-state index in [4.69, 9.17) is 0 Å². The maximum Gasteiger partial charge on any atom is 0.255 e. The molecule has 2 heterocycles. The van der Waals surface area contributed by atoms with Gasteiger partial charge in [-0.05, 0) is 24.3 Å². The number of carbonyl (C=O) groups is 2. The second-order valence-electron chi connectivity index (χ2n) is 4.77. The van der Waals surface area contributed by atoms with Crippen LogP contribution in [-0.2, 0) is 4.79 Å². The largest absolute Gasteiger partial charge is 0.321 e. The SMILES string of the molecule is CC(C)C(=O)Nc1ccc(NC(=O)c2ccncc2)cn1. The second kappa shape index (κ2) is 6.60. The first-order valence-corrected chi connectivity index (χ1v) is 6.54. The molecule has 2 rings (SSSR count). The van der Waals surface area contributed by atoms with Crippen LogP contribution in [0.4, 0.5) is 11.5 Å². The molecule has 0 bridgehead atoms. The number of carbonyl (C=O) groups excluding carboxylic acids is 2. The quantitative estimate of drug-likeness (QED) is 0.902. The lowest BCUT2D eigenvalue weighted by atomic mass is 10.2. The third-order valence-corrected chi connectivity index (χ3v) is 2.74. The summed E-state index contributed by atoms with van der Waals surface area (Å²) < 4.78 is 0. The Morgan fingerprint density at radius 2 is 1.76 bits per heavy atom. The van der Waals surface area contributed by atoms with E-state index in [1.807, 2.05) is 0 Å². The van der Waals surface area contributed by atoms with Crippen molar-refractivity contribution in [2.75, 3.05) is 10.6 Å². The number of hydrogen-bond donors (Lipinski definition) is 2. The van der Waals surface area contributed by atoms with Crippen LogP contribution >= 0.6 is 0 Å². The maximum atomic E-state index is 11.9. The van der Waals surface area contributed by atoms with Gasteiger partial charge in [0.05, 0.1) is 11.9 Å². The number of nitrogens with one attached hydrogen (secondary N) is 2. The fourth-order valence-corrected chi connectivity index (χ4v) is 1.52. The molecule has 0 saturated carbocycles. The molecule has 0 aliphatic heterocycles. The maximum absolute atomic E-state index is 11.9. The molecule has 6 heteroatoms. The number of anilines is 2. The third-order valence-electron chi connectivity index (χ3n) is 2.74. The standard InChI is InChI=1S/C15H16N4O2/c1-10(2)14(20)19-13-4-3-12(9-17-13)18-15(21)11-5-7-16-8-6-11/h3-10H,1-2H3,(H,18,21)(H,17,19,20). The molecule has 21 heavy (non-hydrogen) atoms. The van der Waals surface area contributed by atoms with Crippen molar-refractivity contribution in [2.24, 2.45) is 5.92 Å². The topological polar surface area (TPSA) is 84.0 Å². The molecule has 0 atom stereocenters. The number of amides is 2. The minimum Gasteiger partial charge on any atom is -0.321 e. The first-order valence-electron chi connectivity index (χ1n) is 6.54. The smallest absolute Gasteiger partial charge is 0.255 e. The fourth-order valence-electron chi connectivity index (χ4n) is 1.52. The molecule has 0 saturated heterocycles. The molecule has 0 aromatic carbocycles. The number of hydrogen-bond acceptors (Lipinski definition) is 4. The van der Waals surface area contributed by atoms with E-state index >= 15 is 0 Å². The first kappa shape index (κ1) is 14.6. The van der Waals surface area contributed by atoms with Gasteiger partial charge in [0.25, 0.3) is 5.91 Å². The van der Waals surface area contributed by atoms with Crippen LogP contribution in [0.1, 0.15) is 24.2 Å². The van der Waals surface area contributed by atoms with Gasteiger partial charge in [-0.1, -0.05) is 13.8 Å². The molecule has 2 amide bonds. The Hall–Kier alpha value is -2.76.